The molecule has 0 atom stereocenters. The zero-order valence-corrected chi connectivity index (χ0v) is 11.6. The first kappa shape index (κ1) is 14.1. The fraction of sp³-hybridized carbons (Fsp3) is 0.583. The van der Waals surface area contributed by atoms with Crippen LogP contribution in [0.25, 0.3) is 0 Å². The highest BCUT2D eigenvalue weighted by molar-refractivity contribution is 7.80. The van der Waals surface area contributed by atoms with E-state index in [0.29, 0.717) is 16.6 Å². The normalized spacial score (nSPS) is 17.2. The molecule has 7 heteroatoms. The summed E-state index contributed by atoms with van der Waals surface area (Å²) in [7, 11) is 0. The molecular weight excluding hydrogens is 262 g/mol. The van der Waals surface area contributed by atoms with Crippen LogP contribution >= 0.6 is 12.2 Å². The molecule has 1 fully saturated rings. The van der Waals surface area contributed by atoms with Crippen LogP contribution < -0.4 is 10.6 Å². The maximum absolute atomic E-state index is 8.98. The average Bonchev–Trinajstić information content (AvgIpc) is 2.65. The molecule has 0 bridgehead atoms. The molecule has 1 aromatic rings. The number of β-amino-alcohol motifs (C(OH)–C–C–N with tert-alkyl or cyclic N) is 1. The number of aromatic nitrogens is 2. The van der Waals surface area contributed by atoms with E-state index < -0.39 is 0 Å². The van der Waals surface area contributed by atoms with Crippen LogP contribution in [0.2, 0.25) is 0 Å². The van der Waals surface area contributed by atoms with Gasteiger partial charge in [-0.15, -0.1) is 0 Å². The second kappa shape index (κ2) is 6.74. The summed E-state index contributed by atoms with van der Waals surface area (Å²) in [4.78, 5) is 13.4. The smallest absolute Gasteiger partial charge is 0.225 e. The zero-order chi connectivity index (χ0) is 13.7. The third-order valence-electron chi connectivity index (χ3n) is 3.18. The van der Waals surface area contributed by atoms with Gasteiger partial charge in [0.1, 0.15) is 10.7 Å². The Hall–Kier alpha value is -1.31. The number of nitrogens with zero attached hydrogens (tertiary/aromatic N) is 4. The van der Waals surface area contributed by atoms with E-state index in [9.17, 15) is 0 Å². The van der Waals surface area contributed by atoms with Crippen molar-refractivity contribution in [2.45, 2.75) is 6.42 Å². The van der Waals surface area contributed by atoms with Crippen molar-refractivity contribution < 1.29 is 5.11 Å². The van der Waals surface area contributed by atoms with Crippen LogP contribution in [-0.2, 0) is 0 Å². The van der Waals surface area contributed by atoms with Crippen molar-refractivity contribution in [2.24, 2.45) is 5.73 Å². The van der Waals surface area contributed by atoms with Crippen molar-refractivity contribution in [1.82, 2.24) is 14.9 Å². The molecule has 3 N–H and O–H groups in total. The SMILES string of the molecule is NC(=S)c1ccnc(N2CCCN(CCO)CC2)n1. The van der Waals surface area contributed by atoms with E-state index in [-0.39, 0.29) is 6.61 Å². The lowest BCUT2D eigenvalue weighted by atomic mass is 10.4. The molecule has 1 aromatic heterocycles. The van der Waals surface area contributed by atoms with Gasteiger partial charge >= 0.3 is 0 Å². The molecule has 1 saturated heterocycles. The highest BCUT2D eigenvalue weighted by Gasteiger charge is 2.16. The summed E-state index contributed by atoms with van der Waals surface area (Å²) < 4.78 is 0. The summed E-state index contributed by atoms with van der Waals surface area (Å²) in [5.74, 6) is 0.677. The summed E-state index contributed by atoms with van der Waals surface area (Å²) in [5, 5.41) is 8.98. The van der Waals surface area contributed by atoms with Gasteiger partial charge in [0, 0.05) is 32.4 Å². The van der Waals surface area contributed by atoms with Crippen molar-refractivity contribution in [3.63, 3.8) is 0 Å². The standard InChI is InChI=1S/C12H19N5OS/c13-11(19)10-2-3-14-12(15-10)17-5-1-4-16(6-7-17)8-9-18/h2-3,18H,1,4-9H2,(H2,13,19). The Morgan fingerprint density at radius 3 is 2.95 bits per heavy atom. The molecule has 2 rings (SSSR count). The van der Waals surface area contributed by atoms with Crippen LogP contribution in [0.15, 0.2) is 12.3 Å². The Kier molecular flexibility index (Phi) is 5.00. The fourth-order valence-corrected chi connectivity index (χ4v) is 2.29. The van der Waals surface area contributed by atoms with Gasteiger partial charge < -0.3 is 15.7 Å². The second-order valence-corrected chi connectivity index (χ2v) is 4.95. The van der Waals surface area contributed by atoms with E-state index in [0.717, 1.165) is 39.1 Å². The van der Waals surface area contributed by atoms with Crippen molar-refractivity contribution in [2.75, 3.05) is 44.2 Å². The van der Waals surface area contributed by atoms with Crippen LogP contribution in [0.3, 0.4) is 0 Å². The first-order valence-electron chi connectivity index (χ1n) is 6.41. The number of hydrogen-bond acceptors (Lipinski definition) is 6. The summed E-state index contributed by atoms with van der Waals surface area (Å²) in [6, 6.07) is 1.72. The number of rotatable bonds is 4. The van der Waals surface area contributed by atoms with Gasteiger partial charge in [0.2, 0.25) is 5.95 Å². The molecule has 0 unspecified atom stereocenters. The molecule has 2 heterocycles. The topological polar surface area (TPSA) is 78.5 Å². The molecule has 0 radical (unpaired) electrons. The van der Waals surface area contributed by atoms with Gasteiger partial charge in [-0.3, -0.25) is 4.90 Å². The van der Waals surface area contributed by atoms with Crippen LogP contribution in [0, 0.1) is 0 Å². The van der Waals surface area contributed by atoms with Gasteiger partial charge in [-0.05, 0) is 19.0 Å². The average molecular weight is 281 g/mol. The Morgan fingerprint density at radius 2 is 2.21 bits per heavy atom. The minimum absolute atomic E-state index is 0.202. The summed E-state index contributed by atoms with van der Waals surface area (Å²) >= 11 is 4.94. The van der Waals surface area contributed by atoms with E-state index in [4.69, 9.17) is 23.1 Å². The highest BCUT2D eigenvalue weighted by atomic mass is 32.1. The van der Waals surface area contributed by atoms with E-state index in [1.165, 1.54) is 0 Å². The molecule has 1 aliphatic rings. The van der Waals surface area contributed by atoms with E-state index in [1.54, 1.807) is 12.3 Å². The molecule has 104 valence electrons. The lowest BCUT2D eigenvalue weighted by Crippen LogP contribution is -2.33. The highest BCUT2D eigenvalue weighted by Crippen LogP contribution is 2.11. The molecular formula is C12H19N5OS. The molecule has 19 heavy (non-hydrogen) atoms. The maximum atomic E-state index is 8.98. The van der Waals surface area contributed by atoms with Crippen LogP contribution in [0.5, 0.6) is 0 Å². The predicted octanol–water partition coefficient (Wildman–Crippen LogP) is -0.385. The van der Waals surface area contributed by atoms with Crippen molar-refractivity contribution in [1.29, 1.82) is 0 Å². The molecule has 0 aliphatic carbocycles. The minimum Gasteiger partial charge on any atom is -0.395 e. The number of aliphatic hydroxyl groups is 1. The number of aliphatic hydroxyl groups excluding tert-OH is 1. The van der Waals surface area contributed by atoms with Gasteiger partial charge in [0.25, 0.3) is 0 Å². The Balaban J connectivity index is 2.05. The summed E-state index contributed by atoms with van der Waals surface area (Å²) in [5.41, 5.74) is 6.20. The number of anilines is 1. The Bertz CT molecular complexity index is 442. The second-order valence-electron chi connectivity index (χ2n) is 4.51. The number of hydrogen-bond donors (Lipinski definition) is 2. The number of nitrogens with two attached hydrogens (primary N) is 1. The lowest BCUT2D eigenvalue weighted by Gasteiger charge is -2.21. The van der Waals surface area contributed by atoms with Gasteiger partial charge in [-0.2, -0.15) is 0 Å². The van der Waals surface area contributed by atoms with Crippen LogP contribution in [0.4, 0.5) is 5.95 Å². The maximum Gasteiger partial charge on any atom is 0.225 e. The fourth-order valence-electron chi connectivity index (χ4n) is 2.17. The zero-order valence-electron chi connectivity index (χ0n) is 10.8. The molecule has 1 aliphatic heterocycles. The minimum atomic E-state index is 0.202. The first-order valence-corrected chi connectivity index (χ1v) is 6.82. The van der Waals surface area contributed by atoms with E-state index in [2.05, 4.69) is 19.8 Å². The Labute approximate surface area is 118 Å². The van der Waals surface area contributed by atoms with Gasteiger partial charge in [0.05, 0.1) is 6.61 Å². The van der Waals surface area contributed by atoms with E-state index >= 15 is 0 Å². The van der Waals surface area contributed by atoms with Gasteiger partial charge in [-0.25, -0.2) is 9.97 Å². The monoisotopic (exact) mass is 281 g/mol. The van der Waals surface area contributed by atoms with Crippen LogP contribution in [0.1, 0.15) is 12.1 Å². The van der Waals surface area contributed by atoms with Crippen LogP contribution in [-0.4, -0.2) is 64.3 Å². The molecule has 0 amide bonds. The van der Waals surface area contributed by atoms with Gasteiger partial charge in [0.15, 0.2) is 0 Å². The lowest BCUT2D eigenvalue weighted by molar-refractivity contribution is 0.204. The predicted molar refractivity (Wildman–Crippen MR) is 78.3 cm³/mol. The molecule has 6 nitrogen and oxygen atoms in total. The third kappa shape index (κ3) is 3.82. The Morgan fingerprint density at radius 1 is 1.37 bits per heavy atom. The molecule has 0 saturated carbocycles. The van der Waals surface area contributed by atoms with Crippen molar-refractivity contribution in [3.05, 3.63) is 18.0 Å². The first-order chi connectivity index (χ1) is 9.20. The molecule has 0 aromatic carbocycles. The summed E-state index contributed by atoms with van der Waals surface area (Å²) in [6.45, 7) is 4.58. The largest absolute Gasteiger partial charge is 0.395 e. The molecule has 0 spiro atoms. The van der Waals surface area contributed by atoms with Crippen molar-refractivity contribution >= 4 is 23.2 Å². The number of thiocarbonyl (C=S) groups is 1. The third-order valence-corrected chi connectivity index (χ3v) is 3.39. The quantitative estimate of drug-likeness (QED) is 0.728. The van der Waals surface area contributed by atoms with E-state index in [1.807, 2.05) is 0 Å². The van der Waals surface area contributed by atoms with Crippen molar-refractivity contribution in [3.8, 4) is 0 Å². The van der Waals surface area contributed by atoms with Gasteiger partial charge in [-0.1, -0.05) is 12.2 Å². The summed E-state index contributed by atoms with van der Waals surface area (Å²) in [6.07, 6.45) is 2.72.